The number of likely N-dealkylation sites (N-methyl/N-ethyl adjacent to an activating group) is 1. The van der Waals surface area contributed by atoms with E-state index >= 15 is 0 Å². The van der Waals surface area contributed by atoms with Gasteiger partial charge in [0.15, 0.2) is 0 Å². The van der Waals surface area contributed by atoms with Crippen molar-refractivity contribution in [2.75, 3.05) is 7.05 Å². The first kappa shape index (κ1) is 7.71. The van der Waals surface area contributed by atoms with E-state index in [0.717, 1.165) is 0 Å². The first-order valence-corrected chi connectivity index (χ1v) is 3.27. The van der Waals surface area contributed by atoms with Crippen LogP contribution >= 0.6 is 0 Å². The third-order valence-corrected chi connectivity index (χ3v) is 1.40. The fourth-order valence-electron chi connectivity index (χ4n) is 0.699. The summed E-state index contributed by atoms with van der Waals surface area (Å²) in [4.78, 5) is 10.8. The Morgan fingerprint density at radius 2 is 2.55 bits per heavy atom. The molecule has 0 aliphatic carbocycles. The van der Waals surface area contributed by atoms with Crippen LogP contribution in [0.15, 0.2) is 6.33 Å². The van der Waals surface area contributed by atoms with Crippen LogP contribution in [-0.2, 0) is 18.3 Å². The highest BCUT2D eigenvalue weighted by Gasteiger charge is 2.04. The van der Waals surface area contributed by atoms with Crippen molar-refractivity contribution in [2.45, 2.75) is 6.42 Å². The number of aryl methyl sites for hydroxylation is 1. The van der Waals surface area contributed by atoms with Gasteiger partial charge in [-0.05, 0) is 0 Å². The Morgan fingerprint density at radius 3 is 3.00 bits per heavy atom. The molecule has 1 rings (SSSR count). The first-order valence-electron chi connectivity index (χ1n) is 3.27. The van der Waals surface area contributed by atoms with Crippen molar-refractivity contribution in [3.05, 3.63) is 12.2 Å². The lowest BCUT2D eigenvalue weighted by Gasteiger charge is -1.97. The van der Waals surface area contributed by atoms with E-state index in [9.17, 15) is 4.79 Å². The van der Waals surface area contributed by atoms with E-state index in [4.69, 9.17) is 0 Å². The van der Waals surface area contributed by atoms with Gasteiger partial charge in [0.25, 0.3) is 0 Å². The molecule has 0 spiro atoms. The zero-order valence-electron chi connectivity index (χ0n) is 6.53. The number of carbonyl (C=O) groups is 1. The van der Waals surface area contributed by atoms with Crippen molar-refractivity contribution in [1.82, 2.24) is 20.1 Å². The molecule has 0 aromatic carbocycles. The zero-order valence-corrected chi connectivity index (χ0v) is 6.53. The highest BCUT2D eigenvalue weighted by molar-refractivity contribution is 5.77. The maximum atomic E-state index is 10.8. The molecule has 0 aliphatic rings. The van der Waals surface area contributed by atoms with E-state index in [1.54, 1.807) is 25.0 Å². The minimum atomic E-state index is -0.0545. The van der Waals surface area contributed by atoms with Gasteiger partial charge >= 0.3 is 0 Å². The zero-order chi connectivity index (χ0) is 8.27. The van der Waals surface area contributed by atoms with Gasteiger partial charge < -0.3 is 9.88 Å². The summed E-state index contributed by atoms with van der Waals surface area (Å²) in [5.74, 6) is 0.616. The van der Waals surface area contributed by atoms with E-state index in [1.165, 1.54) is 0 Å². The van der Waals surface area contributed by atoms with Crippen molar-refractivity contribution < 1.29 is 4.79 Å². The van der Waals surface area contributed by atoms with Gasteiger partial charge in [-0.15, -0.1) is 10.2 Å². The number of nitrogens with one attached hydrogen (secondary N) is 1. The molecule has 1 N–H and O–H groups in total. The van der Waals surface area contributed by atoms with Gasteiger partial charge in [0.1, 0.15) is 12.2 Å². The molecule has 1 aromatic heterocycles. The normalized spacial score (nSPS) is 9.64. The monoisotopic (exact) mass is 154 g/mol. The largest absolute Gasteiger partial charge is 0.359 e. The maximum absolute atomic E-state index is 10.8. The predicted molar refractivity (Wildman–Crippen MR) is 38.8 cm³/mol. The lowest BCUT2D eigenvalue weighted by molar-refractivity contribution is -0.120. The predicted octanol–water partition coefficient (Wildman–Crippen LogP) is -0.896. The molecule has 0 atom stereocenters. The molecular weight excluding hydrogens is 144 g/mol. The van der Waals surface area contributed by atoms with E-state index in [1.807, 2.05) is 0 Å². The first-order chi connectivity index (χ1) is 5.24. The molecular formula is C6H10N4O. The smallest absolute Gasteiger partial charge is 0.227 e. The SMILES string of the molecule is CNC(=O)Cc1nncn1C. The van der Waals surface area contributed by atoms with Gasteiger partial charge in [0, 0.05) is 14.1 Å². The molecule has 1 aromatic rings. The Kier molecular flexibility index (Phi) is 2.20. The van der Waals surface area contributed by atoms with Crippen LogP contribution in [0.5, 0.6) is 0 Å². The summed E-state index contributed by atoms with van der Waals surface area (Å²) in [6.45, 7) is 0. The van der Waals surface area contributed by atoms with Crippen LogP contribution in [0.4, 0.5) is 0 Å². The third kappa shape index (κ3) is 1.76. The standard InChI is InChI=1S/C6H10N4O/c1-7-6(11)3-5-9-8-4-10(5)2/h4H,3H2,1-2H3,(H,7,11). The summed E-state index contributed by atoms with van der Waals surface area (Å²) in [7, 11) is 3.40. The molecule has 0 aliphatic heterocycles. The van der Waals surface area contributed by atoms with Crippen LogP contribution < -0.4 is 5.32 Å². The van der Waals surface area contributed by atoms with Crippen molar-refractivity contribution in [3.8, 4) is 0 Å². The Hall–Kier alpha value is -1.39. The number of hydrogen-bond acceptors (Lipinski definition) is 3. The molecule has 0 bridgehead atoms. The second-order valence-corrected chi connectivity index (χ2v) is 2.21. The van der Waals surface area contributed by atoms with Crippen molar-refractivity contribution in [1.29, 1.82) is 0 Å². The Balaban J connectivity index is 2.64. The van der Waals surface area contributed by atoms with Gasteiger partial charge in [0.2, 0.25) is 5.91 Å². The van der Waals surface area contributed by atoms with Crippen molar-refractivity contribution in [3.63, 3.8) is 0 Å². The Labute approximate surface area is 64.4 Å². The molecule has 0 unspecified atom stereocenters. The van der Waals surface area contributed by atoms with E-state index in [2.05, 4.69) is 15.5 Å². The molecule has 5 nitrogen and oxygen atoms in total. The maximum Gasteiger partial charge on any atom is 0.227 e. The molecule has 5 heteroatoms. The Bertz CT molecular complexity index is 255. The second-order valence-electron chi connectivity index (χ2n) is 2.21. The fraction of sp³-hybridized carbons (Fsp3) is 0.500. The summed E-state index contributed by atoms with van der Waals surface area (Å²) in [5.41, 5.74) is 0. The molecule has 1 heterocycles. The fourth-order valence-corrected chi connectivity index (χ4v) is 0.699. The molecule has 0 fully saturated rings. The lowest BCUT2D eigenvalue weighted by atomic mass is 10.4. The highest BCUT2D eigenvalue weighted by atomic mass is 16.1. The average Bonchev–Trinajstić information content (AvgIpc) is 2.37. The summed E-state index contributed by atoms with van der Waals surface area (Å²) in [6.07, 6.45) is 1.85. The lowest BCUT2D eigenvalue weighted by Crippen LogP contribution is -2.21. The topological polar surface area (TPSA) is 59.8 Å². The molecule has 0 saturated carbocycles. The van der Waals surface area contributed by atoms with Gasteiger partial charge in [-0.2, -0.15) is 0 Å². The minimum absolute atomic E-state index is 0.0545. The number of hydrogen-bond donors (Lipinski definition) is 1. The summed E-state index contributed by atoms with van der Waals surface area (Å²) >= 11 is 0. The van der Waals surface area contributed by atoms with Crippen molar-refractivity contribution in [2.24, 2.45) is 7.05 Å². The number of amides is 1. The number of rotatable bonds is 2. The minimum Gasteiger partial charge on any atom is -0.359 e. The average molecular weight is 154 g/mol. The number of aromatic nitrogens is 3. The van der Waals surface area contributed by atoms with Crippen LogP contribution in [0.25, 0.3) is 0 Å². The van der Waals surface area contributed by atoms with Crippen LogP contribution in [0, 0.1) is 0 Å². The van der Waals surface area contributed by atoms with Crippen LogP contribution in [0.1, 0.15) is 5.82 Å². The summed E-state index contributed by atoms with van der Waals surface area (Å²) in [6, 6.07) is 0. The van der Waals surface area contributed by atoms with E-state index in [-0.39, 0.29) is 12.3 Å². The van der Waals surface area contributed by atoms with Gasteiger partial charge in [-0.25, -0.2) is 0 Å². The number of nitrogens with zero attached hydrogens (tertiary/aromatic N) is 3. The van der Waals surface area contributed by atoms with Crippen LogP contribution in [-0.4, -0.2) is 27.7 Å². The molecule has 0 radical (unpaired) electrons. The molecule has 60 valence electrons. The highest BCUT2D eigenvalue weighted by Crippen LogP contribution is 1.91. The number of carbonyl (C=O) groups excluding carboxylic acids is 1. The summed E-state index contributed by atoms with van der Waals surface area (Å²) < 4.78 is 1.72. The van der Waals surface area contributed by atoms with Crippen molar-refractivity contribution >= 4 is 5.91 Å². The van der Waals surface area contributed by atoms with Crippen LogP contribution in [0.2, 0.25) is 0 Å². The molecule has 0 saturated heterocycles. The molecule has 11 heavy (non-hydrogen) atoms. The van der Waals surface area contributed by atoms with Crippen LogP contribution in [0.3, 0.4) is 0 Å². The quantitative estimate of drug-likeness (QED) is 0.600. The summed E-state index contributed by atoms with van der Waals surface area (Å²) in [5, 5.41) is 9.91. The Morgan fingerprint density at radius 1 is 1.82 bits per heavy atom. The van der Waals surface area contributed by atoms with Gasteiger partial charge in [0.05, 0.1) is 6.42 Å². The van der Waals surface area contributed by atoms with E-state index < -0.39 is 0 Å². The third-order valence-electron chi connectivity index (χ3n) is 1.40. The second kappa shape index (κ2) is 3.14. The van der Waals surface area contributed by atoms with Gasteiger partial charge in [-0.3, -0.25) is 4.79 Å². The van der Waals surface area contributed by atoms with E-state index in [0.29, 0.717) is 5.82 Å². The van der Waals surface area contributed by atoms with Gasteiger partial charge in [-0.1, -0.05) is 0 Å². The molecule has 1 amide bonds.